The van der Waals surface area contributed by atoms with E-state index in [4.69, 9.17) is 20.5 Å². The SMILES string of the molecule is C=c1cc(OC)c(OCc2ccccc2)c/c1=c1/c(=C\N)[nH]c(=O)n1-c1ccc(C#N)cc1. The summed E-state index contributed by atoms with van der Waals surface area (Å²) in [5.74, 6) is 1.03. The highest BCUT2D eigenvalue weighted by Crippen LogP contribution is 2.26. The molecule has 33 heavy (non-hydrogen) atoms. The van der Waals surface area contributed by atoms with E-state index in [1.54, 1.807) is 43.5 Å². The third-order valence-corrected chi connectivity index (χ3v) is 5.23. The lowest BCUT2D eigenvalue weighted by molar-refractivity contribution is 0.284. The Kier molecular flexibility index (Phi) is 6.00. The molecule has 0 saturated carbocycles. The number of nitrogens with zero attached hydrogens (tertiary/aromatic N) is 2. The van der Waals surface area contributed by atoms with Crippen molar-refractivity contribution in [1.82, 2.24) is 9.55 Å². The van der Waals surface area contributed by atoms with E-state index in [1.807, 2.05) is 30.3 Å². The minimum atomic E-state index is -0.367. The summed E-state index contributed by atoms with van der Waals surface area (Å²) in [6.07, 6.45) is 1.34. The Labute approximate surface area is 189 Å². The fraction of sp³-hybridized carbons (Fsp3) is 0.0769. The number of nitrogens with one attached hydrogen (secondary N) is 1. The van der Waals surface area contributed by atoms with E-state index >= 15 is 0 Å². The van der Waals surface area contributed by atoms with Gasteiger partial charge in [-0.15, -0.1) is 0 Å². The number of ether oxygens (including phenoxy) is 2. The van der Waals surface area contributed by atoms with Crippen molar-refractivity contribution >= 4 is 12.8 Å². The molecule has 0 unspecified atom stereocenters. The van der Waals surface area contributed by atoms with Crippen molar-refractivity contribution < 1.29 is 9.47 Å². The Morgan fingerprint density at radius 3 is 2.48 bits per heavy atom. The van der Waals surface area contributed by atoms with Crippen LogP contribution in [0.25, 0.3) is 18.5 Å². The van der Waals surface area contributed by atoms with E-state index in [9.17, 15) is 4.79 Å². The normalized spacial score (nSPS) is 12.3. The van der Waals surface area contributed by atoms with Gasteiger partial charge in [-0.2, -0.15) is 5.26 Å². The van der Waals surface area contributed by atoms with Crippen LogP contribution in [0, 0.1) is 21.9 Å². The number of rotatable bonds is 5. The van der Waals surface area contributed by atoms with Gasteiger partial charge < -0.3 is 20.2 Å². The summed E-state index contributed by atoms with van der Waals surface area (Å²) in [5, 5.41) is 11.3. The average molecular weight is 438 g/mol. The van der Waals surface area contributed by atoms with Crippen molar-refractivity contribution in [2.24, 2.45) is 5.73 Å². The molecule has 1 aromatic heterocycles. The second kappa shape index (κ2) is 9.20. The van der Waals surface area contributed by atoms with Crippen molar-refractivity contribution in [3.8, 4) is 23.3 Å². The summed E-state index contributed by atoms with van der Waals surface area (Å²) < 4.78 is 13.1. The van der Waals surface area contributed by atoms with E-state index in [2.05, 4.69) is 17.6 Å². The van der Waals surface area contributed by atoms with Crippen LogP contribution in [0.2, 0.25) is 0 Å². The summed E-state index contributed by atoms with van der Waals surface area (Å²) in [4.78, 5) is 15.7. The first-order chi connectivity index (χ1) is 16.0. The number of nitrogens with two attached hydrogens (primary N) is 1. The van der Waals surface area contributed by atoms with Crippen LogP contribution in [0.5, 0.6) is 11.5 Å². The van der Waals surface area contributed by atoms with Crippen molar-refractivity contribution in [1.29, 1.82) is 5.26 Å². The van der Waals surface area contributed by atoms with Crippen molar-refractivity contribution in [3.05, 3.63) is 109 Å². The maximum Gasteiger partial charge on any atom is 0.331 e. The number of hydrogen-bond donors (Lipinski definition) is 2. The van der Waals surface area contributed by atoms with Gasteiger partial charge >= 0.3 is 5.69 Å². The quantitative estimate of drug-likeness (QED) is 0.496. The summed E-state index contributed by atoms with van der Waals surface area (Å²) in [6, 6.07) is 22.1. The second-order valence-corrected chi connectivity index (χ2v) is 7.29. The molecule has 3 aromatic carbocycles. The lowest BCUT2D eigenvalue weighted by Gasteiger charge is -2.11. The fourth-order valence-corrected chi connectivity index (χ4v) is 3.60. The predicted molar refractivity (Wildman–Crippen MR) is 126 cm³/mol. The number of nitriles is 1. The van der Waals surface area contributed by atoms with Crippen LogP contribution in [0.4, 0.5) is 0 Å². The monoisotopic (exact) mass is 438 g/mol. The summed E-state index contributed by atoms with van der Waals surface area (Å²) in [6.45, 7) is 4.49. The number of methoxy groups -OCH3 is 1. The molecule has 3 N–H and O–H groups in total. The maximum atomic E-state index is 12.9. The number of imidazole rings is 1. The largest absolute Gasteiger partial charge is 0.493 e. The lowest BCUT2D eigenvalue weighted by Crippen LogP contribution is -2.16. The summed E-state index contributed by atoms with van der Waals surface area (Å²) in [5.41, 5.74) is 7.56. The molecule has 4 aromatic rings. The third kappa shape index (κ3) is 4.23. The summed E-state index contributed by atoms with van der Waals surface area (Å²) >= 11 is 0. The van der Waals surface area contributed by atoms with Crippen LogP contribution in [-0.4, -0.2) is 16.7 Å². The molecule has 0 saturated heterocycles. The molecular weight excluding hydrogens is 416 g/mol. The van der Waals surface area contributed by atoms with Crippen LogP contribution in [0.3, 0.4) is 0 Å². The first-order valence-corrected chi connectivity index (χ1v) is 10.2. The molecule has 164 valence electrons. The van der Waals surface area contributed by atoms with Crippen molar-refractivity contribution in [3.63, 3.8) is 0 Å². The summed E-state index contributed by atoms with van der Waals surface area (Å²) in [7, 11) is 1.56. The Morgan fingerprint density at radius 2 is 1.85 bits per heavy atom. The molecule has 7 heteroatoms. The molecule has 0 bridgehead atoms. The van der Waals surface area contributed by atoms with Crippen molar-refractivity contribution in [2.75, 3.05) is 7.11 Å². The smallest absolute Gasteiger partial charge is 0.331 e. The van der Waals surface area contributed by atoms with E-state index in [1.165, 1.54) is 10.8 Å². The molecule has 0 fully saturated rings. The molecule has 4 rings (SSSR count). The Morgan fingerprint density at radius 1 is 1.12 bits per heavy atom. The van der Waals surface area contributed by atoms with Gasteiger partial charge in [0.05, 0.1) is 35.1 Å². The van der Waals surface area contributed by atoms with Gasteiger partial charge in [0.2, 0.25) is 0 Å². The molecule has 0 aliphatic rings. The highest BCUT2D eigenvalue weighted by atomic mass is 16.5. The molecule has 0 aliphatic heterocycles. The van der Waals surface area contributed by atoms with Gasteiger partial charge in [-0.05, 0) is 47.2 Å². The molecule has 0 atom stereocenters. The van der Waals surface area contributed by atoms with Crippen LogP contribution >= 0.6 is 0 Å². The molecule has 0 spiro atoms. The van der Waals surface area contributed by atoms with Gasteiger partial charge in [-0.3, -0.25) is 4.57 Å². The number of benzene rings is 3. The standard InChI is InChI=1S/C26H22N4O3/c1-17-12-23(32-2)24(33-16-19-6-4-3-5-7-19)13-21(17)25-22(15-28)29-26(31)30(25)20-10-8-18(14-27)9-11-20/h3-13,15H,1,16,28H2,2H3,(H,29,31)/b22-15+,25-21+. The van der Waals surface area contributed by atoms with Crippen molar-refractivity contribution in [2.45, 2.75) is 6.61 Å². The molecule has 7 nitrogen and oxygen atoms in total. The van der Waals surface area contributed by atoms with Gasteiger partial charge in [0, 0.05) is 11.4 Å². The molecule has 0 aliphatic carbocycles. The highest BCUT2D eigenvalue weighted by molar-refractivity contribution is 5.44. The Hall–Kier alpha value is -4.70. The molecular formula is C26H22N4O3. The molecule has 0 radical (unpaired) electrons. The first-order valence-electron chi connectivity index (χ1n) is 10.2. The van der Waals surface area contributed by atoms with Crippen LogP contribution < -0.4 is 31.5 Å². The van der Waals surface area contributed by atoms with Crippen LogP contribution in [-0.2, 0) is 6.61 Å². The number of H-pyrrole nitrogens is 1. The topological polar surface area (TPSA) is 106 Å². The Bertz CT molecular complexity index is 1600. The van der Waals surface area contributed by atoms with E-state index in [0.29, 0.717) is 50.5 Å². The fourth-order valence-electron chi connectivity index (χ4n) is 3.60. The maximum absolute atomic E-state index is 12.9. The van der Waals surface area contributed by atoms with E-state index < -0.39 is 0 Å². The van der Waals surface area contributed by atoms with Crippen LogP contribution in [0.1, 0.15) is 11.1 Å². The number of aromatic amines is 1. The minimum Gasteiger partial charge on any atom is -0.493 e. The molecule has 0 amide bonds. The van der Waals surface area contributed by atoms with Gasteiger partial charge in [-0.1, -0.05) is 36.9 Å². The van der Waals surface area contributed by atoms with Crippen LogP contribution in [0.15, 0.2) is 71.5 Å². The minimum absolute atomic E-state index is 0.346. The van der Waals surface area contributed by atoms with Gasteiger partial charge in [0.25, 0.3) is 0 Å². The predicted octanol–water partition coefficient (Wildman–Crippen LogP) is 2.02. The zero-order valence-electron chi connectivity index (χ0n) is 18.0. The first kappa shape index (κ1) is 21.5. The average Bonchev–Trinajstić information content (AvgIpc) is 3.19. The van der Waals surface area contributed by atoms with Gasteiger partial charge in [0.15, 0.2) is 11.5 Å². The van der Waals surface area contributed by atoms with E-state index in [-0.39, 0.29) is 5.69 Å². The highest BCUT2D eigenvalue weighted by Gasteiger charge is 2.11. The zero-order valence-corrected chi connectivity index (χ0v) is 18.0. The number of aromatic nitrogens is 2. The number of hydrogen-bond acceptors (Lipinski definition) is 5. The van der Waals surface area contributed by atoms with E-state index in [0.717, 1.165) is 5.56 Å². The Balaban J connectivity index is 1.99. The van der Waals surface area contributed by atoms with Gasteiger partial charge in [-0.25, -0.2) is 4.79 Å². The lowest BCUT2D eigenvalue weighted by atomic mass is 10.2. The van der Waals surface area contributed by atoms with Gasteiger partial charge in [0.1, 0.15) is 6.61 Å². The second-order valence-electron chi connectivity index (χ2n) is 7.29. The molecule has 1 heterocycles. The zero-order chi connectivity index (χ0) is 23.4. The third-order valence-electron chi connectivity index (χ3n) is 5.23.